The minimum atomic E-state index is -0.214. The zero-order valence-electron chi connectivity index (χ0n) is 12.0. The van der Waals surface area contributed by atoms with Gasteiger partial charge in [0.2, 0.25) is 0 Å². The maximum Gasteiger partial charge on any atom is 0.271 e. The molecule has 2 N–H and O–H groups in total. The molecule has 0 aliphatic carbocycles. The third-order valence-electron chi connectivity index (χ3n) is 2.88. The number of aromatic nitrogens is 3. The lowest BCUT2D eigenvalue weighted by atomic mass is 10.2. The lowest BCUT2D eigenvalue weighted by Crippen LogP contribution is -2.26. The molecule has 6 heteroatoms. The molecule has 0 aliphatic rings. The van der Waals surface area contributed by atoms with Gasteiger partial charge < -0.3 is 10.6 Å². The summed E-state index contributed by atoms with van der Waals surface area (Å²) in [4.78, 5) is 15.9. The van der Waals surface area contributed by atoms with Crippen LogP contribution in [0, 0.1) is 0 Å². The third kappa shape index (κ3) is 4.83. The van der Waals surface area contributed by atoms with Crippen molar-refractivity contribution in [2.75, 3.05) is 18.4 Å². The maximum atomic E-state index is 11.9. The molecule has 0 saturated carbocycles. The van der Waals surface area contributed by atoms with Crippen LogP contribution in [-0.2, 0) is 6.42 Å². The Labute approximate surface area is 124 Å². The number of carbonyl (C=O) groups excluding carboxylic acids is 1. The van der Waals surface area contributed by atoms with Crippen molar-refractivity contribution in [3.05, 3.63) is 47.9 Å². The number of anilines is 1. The smallest absolute Gasteiger partial charge is 0.271 e. The molecule has 2 rings (SSSR count). The number of hydrogen-bond acceptors (Lipinski definition) is 5. The average molecular weight is 285 g/mol. The Morgan fingerprint density at radius 1 is 1.19 bits per heavy atom. The molecule has 0 radical (unpaired) electrons. The molecule has 0 aliphatic heterocycles. The van der Waals surface area contributed by atoms with E-state index in [0.717, 1.165) is 24.9 Å². The summed E-state index contributed by atoms with van der Waals surface area (Å²) < 4.78 is 0. The predicted molar refractivity (Wildman–Crippen MR) is 81.1 cm³/mol. The fourth-order valence-corrected chi connectivity index (χ4v) is 1.76. The minimum absolute atomic E-state index is 0.214. The van der Waals surface area contributed by atoms with Crippen LogP contribution in [0.3, 0.4) is 0 Å². The highest BCUT2D eigenvalue weighted by atomic mass is 16.1. The molecule has 2 aromatic rings. The Morgan fingerprint density at radius 2 is 2.10 bits per heavy atom. The molecule has 6 nitrogen and oxygen atoms in total. The van der Waals surface area contributed by atoms with Gasteiger partial charge in [-0.25, -0.2) is 0 Å². The fraction of sp³-hybridized carbons (Fsp3) is 0.333. The highest BCUT2D eigenvalue weighted by Crippen LogP contribution is 2.02. The van der Waals surface area contributed by atoms with Gasteiger partial charge in [0.25, 0.3) is 5.91 Å². The van der Waals surface area contributed by atoms with Gasteiger partial charge in [-0.1, -0.05) is 13.0 Å². The first-order chi connectivity index (χ1) is 10.3. The highest BCUT2D eigenvalue weighted by Gasteiger charge is 2.07. The Balaban J connectivity index is 1.80. The second kappa shape index (κ2) is 7.94. The second-order valence-electron chi connectivity index (χ2n) is 4.60. The van der Waals surface area contributed by atoms with Gasteiger partial charge in [-0.2, -0.15) is 0 Å². The fourth-order valence-electron chi connectivity index (χ4n) is 1.76. The number of nitrogens with zero attached hydrogens (tertiary/aromatic N) is 3. The van der Waals surface area contributed by atoms with Gasteiger partial charge in [0.15, 0.2) is 5.69 Å². The van der Waals surface area contributed by atoms with Crippen LogP contribution in [0.25, 0.3) is 0 Å². The van der Waals surface area contributed by atoms with E-state index >= 15 is 0 Å². The van der Waals surface area contributed by atoms with E-state index in [9.17, 15) is 4.79 Å². The highest BCUT2D eigenvalue weighted by molar-refractivity contribution is 5.92. The lowest BCUT2D eigenvalue weighted by molar-refractivity contribution is 0.0948. The molecular formula is C15H19N5O. The standard InChI is InChI=1S/C15H19N5O/c1-2-8-17-14-6-5-13(19-20-14)15(21)18-10-7-12-4-3-9-16-11-12/h3-6,9,11H,2,7-8,10H2,1H3,(H,17,20)(H,18,21). The monoisotopic (exact) mass is 285 g/mol. The molecule has 2 heterocycles. The molecule has 1 amide bonds. The SMILES string of the molecule is CCCNc1ccc(C(=O)NCCc2cccnc2)nn1. The number of rotatable bonds is 7. The van der Waals surface area contributed by atoms with Crippen molar-refractivity contribution < 1.29 is 4.79 Å². The second-order valence-corrected chi connectivity index (χ2v) is 4.60. The summed E-state index contributed by atoms with van der Waals surface area (Å²) in [6.45, 7) is 3.46. The zero-order valence-corrected chi connectivity index (χ0v) is 12.0. The summed E-state index contributed by atoms with van der Waals surface area (Å²) in [5.74, 6) is 0.470. The van der Waals surface area contributed by atoms with Gasteiger partial charge in [-0.3, -0.25) is 9.78 Å². The molecule has 110 valence electrons. The summed E-state index contributed by atoms with van der Waals surface area (Å²) in [6.07, 6.45) is 5.27. The van der Waals surface area contributed by atoms with E-state index in [1.807, 2.05) is 12.1 Å². The lowest BCUT2D eigenvalue weighted by Gasteiger charge is -2.05. The van der Waals surface area contributed by atoms with E-state index in [1.165, 1.54) is 0 Å². The first-order valence-electron chi connectivity index (χ1n) is 7.04. The Bertz CT molecular complexity index is 556. The predicted octanol–water partition coefficient (Wildman–Crippen LogP) is 1.67. The summed E-state index contributed by atoms with van der Waals surface area (Å²) >= 11 is 0. The number of hydrogen-bond donors (Lipinski definition) is 2. The number of nitrogens with one attached hydrogen (secondary N) is 2. The van der Waals surface area contributed by atoms with E-state index in [1.54, 1.807) is 24.5 Å². The van der Waals surface area contributed by atoms with Gasteiger partial charge in [0.1, 0.15) is 5.82 Å². The molecule has 0 spiro atoms. The third-order valence-corrected chi connectivity index (χ3v) is 2.88. The minimum Gasteiger partial charge on any atom is -0.369 e. The quantitative estimate of drug-likeness (QED) is 0.809. The van der Waals surface area contributed by atoms with Gasteiger partial charge in [-0.15, -0.1) is 10.2 Å². The van der Waals surface area contributed by atoms with E-state index in [0.29, 0.717) is 18.1 Å². The molecule has 0 aromatic carbocycles. The van der Waals surface area contributed by atoms with Crippen LogP contribution in [-0.4, -0.2) is 34.2 Å². The van der Waals surface area contributed by atoms with E-state index in [4.69, 9.17) is 0 Å². The summed E-state index contributed by atoms with van der Waals surface area (Å²) in [5, 5.41) is 13.8. The molecule has 2 aromatic heterocycles. The number of carbonyl (C=O) groups is 1. The largest absolute Gasteiger partial charge is 0.369 e. The van der Waals surface area contributed by atoms with Crippen molar-refractivity contribution in [3.8, 4) is 0 Å². The Hall–Kier alpha value is -2.50. The summed E-state index contributed by atoms with van der Waals surface area (Å²) in [6, 6.07) is 7.29. The van der Waals surface area contributed by atoms with Crippen LogP contribution in [0.5, 0.6) is 0 Å². The molecule has 0 saturated heterocycles. The Morgan fingerprint density at radius 3 is 2.76 bits per heavy atom. The zero-order chi connectivity index (χ0) is 14.9. The molecule has 0 atom stereocenters. The van der Waals surface area contributed by atoms with E-state index in [-0.39, 0.29) is 5.91 Å². The molecule has 0 unspecified atom stereocenters. The van der Waals surface area contributed by atoms with Gasteiger partial charge in [0, 0.05) is 25.5 Å². The van der Waals surface area contributed by atoms with E-state index < -0.39 is 0 Å². The first-order valence-corrected chi connectivity index (χ1v) is 7.04. The van der Waals surface area contributed by atoms with Gasteiger partial charge >= 0.3 is 0 Å². The van der Waals surface area contributed by atoms with Gasteiger partial charge in [0.05, 0.1) is 0 Å². The van der Waals surface area contributed by atoms with Crippen LogP contribution in [0.15, 0.2) is 36.7 Å². The van der Waals surface area contributed by atoms with Crippen LogP contribution in [0.2, 0.25) is 0 Å². The van der Waals surface area contributed by atoms with Crippen molar-refractivity contribution in [1.29, 1.82) is 0 Å². The van der Waals surface area contributed by atoms with Gasteiger partial charge in [-0.05, 0) is 36.6 Å². The molecule has 21 heavy (non-hydrogen) atoms. The topological polar surface area (TPSA) is 79.8 Å². The van der Waals surface area contributed by atoms with Crippen LogP contribution in [0.1, 0.15) is 29.4 Å². The number of pyridine rings is 1. The summed E-state index contributed by atoms with van der Waals surface area (Å²) in [5.41, 5.74) is 1.41. The van der Waals surface area contributed by atoms with Crippen LogP contribution >= 0.6 is 0 Å². The van der Waals surface area contributed by atoms with E-state index in [2.05, 4.69) is 32.7 Å². The first kappa shape index (κ1) is 14.9. The molecule has 0 fully saturated rings. The van der Waals surface area contributed by atoms with Crippen molar-refractivity contribution in [3.63, 3.8) is 0 Å². The number of amides is 1. The molecule has 0 bridgehead atoms. The molecular weight excluding hydrogens is 266 g/mol. The van der Waals surface area contributed by atoms with Crippen molar-refractivity contribution in [2.45, 2.75) is 19.8 Å². The Kier molecular flexibility index (Phi) is 5.63. The normalized spacial score (nSPS) is 10.1. The van der Waals surface area contributed by atoms with Crippen molar-refractivity contribution in [2.24, 2.45) is 0 Å². The van der Waals surface area contributed by atoms with Crippen LogP contribution in [0.4, 0.5) is 5.82 Å². The summed E-state index contributed by atoms with van der Waals surface area (Å²) in [7, 11) is 0. The van der Waals surface area contributed by atoms with Crippen molar-refractivity contribution in [1.82, 2.24) is 20.5 Å². The maximum absolute atomic E-state index is 11.9. The van der Waals surface area contributed by atoms with Crippen LogP contribution < -0.4 is 10.6 Å². The van der Waals surface area contributed by atoms with Crippen molar-refractivity contribution >= 4 is 11.7 Å². The average Bonchev–Trinajstić information content (AvgIpc) is 2.54.